The zero-order valence-electron chi connectivity index (χ0n) is 21.5. The van der Waals surface area contributed by atoms with Crippen LogP contribution in [0.2, 0.25) is 5.02 Å². The van der Waals surface area contributed by atoms with Crippen molar-refractivity contribution in [2.24, 2.45) is 11.8 Å². The molecule has 4 aliphatic heterocycles. The maximum absolute atomic E-state index is 14.5. The van der Waals surface area contributed by atoms with Gasteiger partial charge in [-0.2, -0.15) is 0 Å². The Bertz CT molecular complexity index is 1150. The molecular weight excluding hydrogens is 510 g/mol. The molecule has 198 valence electrons. The van der Waals surface area contributed by atoms with Crippen molar-refractivity contribution in [3.8, 4) is 0 Å². The molecule has 1 aromatic rings. The van der Waals surface area contributed by atoms with Crippen LogP contribution in [0.5, 0.6) is 0 Å². The number of hydrogen-bond donors (Lipinski definition) is 1. The van der Waals surface area contributed by atoms with Crippen LogP contribution in [-0.4, -0.2) is 80.9 Å². The molecule has 1 N–H and O–H groups in total. The van der Waals surface area contributed by atoms with Crippen LogP contribution >= 0.6 is 23.4 Å². The van der Waals surface area contributed by atoms with Crippen LogP contribution in [0.4, 0.5) is 5.69 Å². The lowest BCUT2D eigenvalue weighted by Crippen LogP contribution is -2.56. The average Bonchev–Trinajstić information content (AvgIpc) is 3.19. The SMILES string of the molecule is CCCN1CC=C[C@H]2S[C@]34C=CCN(c5c(C)cccc5Cl)C(=O)C3N([C@@H](CC)CO)C(=O)[C@@H]4[C@H]2C1=O. The largest absolute Gasteiger partial charge is 0.394 e. The van der Waals surface area contributed by atoms with Crippen LogP contribution in [0.1, 0.15) is 32.3 Å². The van der Waals surface area contributed by atoms with Crippen LogP contribution in [0.3, 0.4) is 0 Å². The number of aliphatic hydroxyl groups is 1. The summed E-state index contributed by atoms with van der Waals surface area (Å²) in [6.45, 7) is 7.07. The first-order valence-corrected chi connectivity index (χ1v) is 14.4. The Balaban J connectivity index is 1.66. The van der Waals surface area contributed by atoms with E-state index in [-0.39, 0.29) is 29.6 Å². The van der Waals surface area contributed by atoms with Gasteiger partial charge in [-0.15, -0.1) is 11.8 Å². The standard InChI is InChI=1S/C28H34ClN3O4S/c1-4-13-30-14-7-11-20-21(25(30)34)22-26(35)32(18(5-2)16-33)24-27(36)31(15-8-12-28(22,24)37-20)23-17(3)9-6-10-19(23)29/h6-12,18,20-22,24,33H,4-5,13-16H2,1-3H3/t18-,20+,21-,22-,24?,28-/m0/s1. The minimum Gasteiger partial charge on any atom is -0.394 e. The number of thioether (sulfide) groups is 1. The molecule has 7 nitrogen and oxygen atoms in total. The Hall–Kier alpha value is -2.29. The van der Waals surface area contributed by atoms with E-state index in [2.05, 4.69) is 0 Å². The molecule has 2 saturated heterocycles. The van der Waals surface area contributed by atoms with Gasteiger partial charge in [0.2, 0.25) is 11.8 Å². The topological polar surface area (TPSA) is 81.2 Å². The molecule has 1 spiro atoms. The lowest BCUT2D eigenvalue weighted by molar-refractivity contribution is -0.144. The molecule has 1 aromatic carbocycles. The fourth-order valence-corrected chi connectivity index (χ4v) is 8.89. The molecule has 6 atom stereocenters. The highest BCUT2D eigenvalue weighted by atomic mass is 35.5. The number of fused-ring (bicyclic) bond motifs is 2. The molecule has 0 saturated carbocycles. The highest BCUT2D eigenvalue weighted by molar-refractivity contribution is 8.02. The van der Waals surface area contributed by atoms with Gasteiger partial charge in [0.15, 0.2) is 0 Å². The van der Waals surface area contributed by atoms with Gasteiger partial charge in [0.25, 0.3) is 5.91 Å². The molecular formula is C28H34ClN3O4S. The first kappa shape index (κ1) is 26.3. The lowest BCUT2D eigenvalue weighted by Gasteiger charge is -2.38. The second kappa shape index (κ2) is 10.1. The lowest BCUT2D eigenvalue weighted by atomic mass is 9.78. The normalized spacial score (nSPS) is 31.8. The van der Waals surface area contributed by atoms with Crippen LogP contribution in [0, 0.1) is 18.8 Å². The maximum Gasteiger partial charge on any atom is 0.251 e. The Morgan fingerprint density at radius 2 is 1.92 bits per heavy atom. The van der Waals surface area contributed by atoms with Gasteiger partial charge >= 0.3 is 0 Å². The van der Waals surface area contributed by atoms with Gasteiger partial charge in [0, 0.05) is 24.9 Å². The molecule has 0 aromatic heterocycles. The molecule has 9 heteroatoms. The van der Waals surface area contributed by atoms with Crippen molar-refractivity contribution in [1.29, 1.82) is 0 Å². The maximum atomic E-state index is 14.5. The van der Waals surface area contributed by atoms with Gasteiger partial charge in [-0.05, 0) is 31.4 Å². The summed E-state index contributed by atoms with van der Waals surface area (Å²) in [6, 6.07) is 4.15. The second-order valence-corrected chi connectivity index (χ2v) is 12.2. The van der Waals surface area contributed by atoms with Crippen LogP contribution in [-0.2, 0) is 14.4 Å². The number of likely N-dealkylation sites (tertiary alicyclic amines) is 1. The number of aryl methyl sites for hydroxylation is 1. The van der Waals surface area contributed by atoms with Crippen molar-refractivity contribution >= 4 is 46.8 Å². The van der Waals surface area contributed by atoms with Gasteiger partial charge in [0.05, 0.1) is 39.9 Å². The van der Waals surface area contributed by atoms with E-state index >= 15 is 0 Å². The molecule has 1 unspecified atom stereocenters. The second-order valence-electron chi connectivity index (χ2n) is 10.3. The summed E-state index contributed by atoms with van der Waals surface area (Å²) < 4.78 is -0.911. The van der Waals surface area contributed by atoms with Gasteiger partial charge in [-0.1, -0.05) is 61.9 Å². The summed E-state index contributed by atoms with van der Waals surface area (Å²) in [5.74, 6) is -1.72. The van der Waals surface area contributed by atoms with E-state index in [0.717, 1.165) is 12.0 Å². The molecule has 5 rings (SSSR count). The predicted octanol–water partition coefficient (Wildman–Crippen LogP) is 3.43. The summed E-state index contributed by atoms with van der Waals surface area (Å²) in [5.41, 5.74) is 1.50. The molecule has 0 radical (unpaired) electrons. The van der Waals surface area contributed by atoms with Crippen molar-refractivity contribution in [3.63, 3.8) is 0 Å². The molecule has 3 amide bonds. The minimum atomic E-state index is -0.911. The van der Waals surface area contributed by atoms with E-state index in [1.165, 1.54) is 0 Å². The average molecular weight is 544 g/mol. The zero-order chi connectivity index (χ0) is 26.5. The molecule has 37 heavy (non-hydrogen) atoms. The third-order valence-corrected chi connectivity index (χ3v) is 10.3. The number of hydrogen-bond acceptors (Lipinski definition) is 5. The zero-order valence-corrected chi connectivity index (χ0v) is 23.0. The summed E-state index contributed by atoms with van der Waals surface area (Å²) >= 11 is 8.15. The summed E-state index contributed by atoms with van der Waals surface area (Å²) in [4.78, 5) is 47.7. The monoisotopic (exact) mass is 543 g/mol. The van der Waals surface area contributed by atoms with Crippen LogP contribution in [0.25, 0.3) is 0 Å². The number of carbonyl (C=O) groups excluding carboxylic acids is 3. The molecule has 4 heterocycles. The van der Waals surface area contributed by atoms with Gasteiger partial charge < -0.3 is 19.8 Å². The Labute approximate surface area is 227 Å². The number of anilines is 1. The number of rotatable bonds is 6. The number of amides is 3. The number of benzene rings is 1. The molecule has 0 bridgehead atoms. The van der Waals surface area contributed by atoms with E-state index in [4.69, 9.17) is 11.6 Å². The van der Waals surface area contributed by atoms with Crippen LogP contribution < -0.4 is 4.90 Å². The van der Waals surface area contributed by atoms with E-state index in [9.17, 15) is 19.5 Å². The summed E-state index contributed by atoms with van der Waals surface area (Å²) in [7, 11) is 0. The fourth-order valence-electron chi connectivity index (χ4n) is 6.57. The molecule has 0 aliphatic carbocycles. The van der Waals surface area contributed by atoms with E-state index in [0.29, 0.717) is 36.8 Å². The number of para-hydroxylation sites is 1. The van der Waals surface area contributed by atoms with Crippen molar-refractivity contribution < 1.29 is 19.5 Å². The van der Waals surface area contributed by atoms with Crippen molar-refractivity contribution in [3.05, 3.63) is 53.1 Å². The Morgan fingerprint density at radius 1 is 1.14 bits per heavy atom. The van der Waals surface area contributed by atoms with Crippen LogP contribution in [0.15, 0.2) is 42.5 Å². The summed E-state index contributed by atoms with van der Waals surface area (Å²) in [6.07, 6.45) is 9.34. The molecule has 4 aliphatic rings. The van der Waals surface area contributed by atoms with Gasteiger partial charge in [-0.3, -0.25) is 14.4 Å². The van der Waals surface area contributed by atoms with Gasteiger partial charge in [0.1, 0.15) is 6.04 Å². The van der Waals surface area contributed by atoms with Crippen molar-refractivity contribution in [2.45, 2.75) is 55.7 Å². The first-order chi connectivity index (χ1) is 17.8. The minimum absolute atomic E-state index is 0.0267. The van der Waals surface area contributed by atoms with Crippen molar-refractivity contribution in [1.82, 2.24) is 9.80 Å². The highest BCUT2D eigenvalue weighted by Gasteiger charge is 2.71. The Kier molecular flexibility index (Phi) is 7.20. The van der Waals surface area contributed by atoms with E-state index < -0.39 is 28.7 Å². The molecule has 2 fully saturated rings. The number of aliphatic hydroxyl groups excluding tert-OH is 1. The fraction of sp³-hybridized carbons (Fsp3) is 0.536. The van der Waals surface area contributed by atoms with E-state index in [1.54, 1.807) is 27.6 Å². The number of halogens is 1. The van der Waals surface area contributed by atoms with E-state index in [1.807, 2.05) is 62.1 Å². The number of carbonyl (C=O) groups is 3. The predicted molar refractivity (Wildman–Crippen MR) is 147 cm³/mol. The summed E-state index contributed by atoms with van der Waals surface area (Å²) in [5, 5.41) is 10.5. The third kappa shape index (κ3) is 3.94. The third-order valence-electron chi connectivity index (χ3n) is 8.21. The number of nitrogens with zero attached hydrogens (tertiary/aromatic N) is 3. The highest BCUT2D eigenvalue weighted by Crippen LogP contribution is 2.61. The quantitative estimate of drug-likeness (QED) is 0.556. The van der Waals surface area contributed by atoms with Crippen molar-refractivity contribution in [2.75, 3.05) is 31.1 Å². The Morgan fingerprint density at radius 3 is 2.59 bits per heavy atom. The van der Waals surface area contributed by atoms with Gasteiger partial charge in [-0.25, -0.2) is 0 Å². The first-order valence-electron chi connectivity index (χ1n) is 13.1. The smallest absolute Gasteiger partial charge is 0.251 e.